The Morgan fingerprint density at radius 2 is 1.84 bits per heavy atom. The van der Waals surface area contributed by atoms with Crippen molar-refractivity contribution in [3.05, 3.63) is 75.6 Å². The Balaban J connectivity index is 1.61. The molecule has 1 aliphatic heterocycles. The lowest BCUT2D eigenvalue weighted by Gasteiger charge is -2.38. The first-order valence-corrected chi connectivity index (χ1v) is 11.0. The van der Waals surface area contributed by atoms with Gasteiger partial charge in [-0.05, 0) is 36.1 Å². The number of benzene rings is 2. The average Bonchev–Trinajstić information content (AvgIpc) is 2.78. The average molecular weight is 423 g/mol. The Labute approximate surface area is 182 Å². The molecule has 3 aromatic rings. The van der Waals surface area contributed by atoms with Gasteiger partial charge in [-0.15, -0.1) is 0 Å². The van der Waals surface area contributed by atoms with Crippen LogP contribution in [0.25, 0.3) is 11.0 Å². The molecule has 0 spiro atoms. The summed E-state index contributed by atoms with van der Waals surface area (Å²) in [6.45, 7) is 7.97. The second-order valence-electron chi connectivity index (χ2n) is 8.09. The number of nitrogens with zero attached hydrogens (tertiary/aromatic N) is 1. The highest BCUT2D eigenvalue weighted by atomic mass is 16.5. The first-order chi connectivity index (χ1) is 15.1. The van der Waals surface area contributed by atoms with Crippen molar-refractivity contribution >= 4 is 11.0 Å². The Morgan fingerprint density at radius 3 is 2.55 bits per heavy atom. The van der Waals surface area contributed by atoms with Crippen molar-refractivity contribution in [3.8, 4) is 5.75 Å². The molecule has 4 rings (SSSR count). The maximum Gasteiger partial charge on any atom is 0.336 e. The third kappa shape index (κ3) is 4.82. The molecule has 164 valence electrons. The minimum Gasteiger partial charge on any atom is -0.508 e. The summed E-state index contributed by atoms with van der Waals surface area (Å²) in [5.41, 5.74) is 2.99. The molecule has 2 heterocycles. The lowest BCUT2D eigenvalue weighted by Crippen LogP contribution is -2.46. The topological polar surface area (TPSA) is 74.9 Å². The molecule has 1 aromatic heterocycles. The largest absolute Gasteiger partial charge is 0.508 e. The van der Waals surface area contributed by atoms with Gasteiger partial charge in [-0.1, -0.05) is 37.3 Å². The Bertz CT molecular complexity index is 1070. The van der Waals surface area contributed by atoms with Crippen LogP contribution in [0.2, 0.25) is 0 Å². The van der Waals surface area contributed by atoms with Crippen molar-refractivity contribution in [2.24, 2.45) is 0 Å². The highest BCUT2D eigenvalue weighted by Gasteiger charge is 2.27. The zero-order valence-corrected chi connectivity index (χ0v) is 18.1. The molecule has 1 saturated heterocycles. The SMILES string of the molecule is CCc1cc2c(CN[C@H](C)[C@H](c3ccccc3)N3CCOCC3)cc(=O)oc2cc1O. The van der Waals surface area contributed by atoms with Crippen molar-refractivity contribution in [3.63, 3.8) is 0 Å². The number of morpholine rings is 1. The van der Waals surface area contributed by atoms with E-state index in [9.17, 15) is 9.90 Å². The summed E-state index contributed by atoms with van der Waals surface area (Å²) in [7, 11) is 0. The quantitative estimate of drug-likeness (QED) is 0.567. The molecule has 2 N–H and O–H groups in total. The van der Waals surface area contributed by atoms with Crippen LogP contribution in [0.5, 0.6) is 5.75 Å². The van der Waals surface area contributed by atoms with Gasteiger partial charge in [0, 0.05) is 43.2 Å². The molecule has 6 heteroatoms. The van der Waals surface area contributed by atoms with Crippen LogP contribution in [-0.4, -0.2) is 42.4 Å². The summed E-state index contributed by atoms with van der Waals surface area (Å²) in [6, 6.07) is 15.9. The molecule has 1 fully saturated rings. The van der Waals surface area contributed by atoms with Gasteiger partial charge >= 0.3 is 5.63 Å². The molecular formula is C25H30N2O4. The van der Waals surface area contributed by atoms with Gasteiger partial charge in [0.25, 0.3) is 0 Å². The fraction of sp³-hybridized carbons (Fsp3) is 0.400. The number of phenolic OH excluding ortho intramolecular Hbond substituents is 1. The molecule has 0 radical (unpaired) electrons. The molecule has 0 amide bonds. The Hall–Kier alpha value is -2.67. The van der Waals surface area contributed by atoms with Gasteiger partial charge in [-0.3, -0.25) is 4.90 Å². The van der Waals surface area contributed by atoms with E-state index in [4.69, 9.17) is 9.15 Å². The molecule has 2 aromatic carbocycles. The molecular weight excluding hydrogens is 392 g/mol. The number of rotatable bonds is 7. The van der Waals surface area contributed by atoms with Crippen molar-refractivity contribution in [2.75, 3.05) is 26.3 Å². The minimum atomic E-state index is -0.409. The second kappa shape index (κ2) is 9.64. The lowest BCUT2D eigenvalue weighted by atomic mass is 9.97. The normalized spacial score (nSPS) is 17.0. The van der Waals surface area contributed by atoms with Crippen molar-refractivity contribution < 1.29 is 14.3 Å². The first kappa shape index (κ1) is 21.6. The van der Waals surface area contributed by atoms with Crippen molar-refractivity contribution in [1.82, 2.24) is 10.2 Å². The summed E-state index contributed by atoms with van der Waals surface area (Å²) >= 11 is 0. The van der Waals surface area contributed by atoms with Gasteiger partial charge in [0.2, 0.25) is 0 Å². The van der Waals surface area contributed by atoms with Crippen LogP contribution < -0.4 is 10.9 Å². The van der Waals surface area contributed by atoms with E-state index in [1.165, 1.54) is 5.56 Å². The predicted octanol–water partition coefficient (Wildman–Crippen LogP) is 3.61. The van der Waals surface area contributed by atoms with Crippen LogP contribution in [0, 0.1) is 0 Å². The van der Waals surface area contributed by atoms with E-state index in [-0.39, 0.29) is 17.8 Å². The van der Waals surface area contributed by atoms with E-state index in [1.54, 1.807) is 12.1 Å². The summed E-state index contributed by atoms with van der Waals surface area (Å²) in [5.74, 6) is 0.160. The molecule has 6 nitrogen and oxygen atoms in total. The molecule has 0 unspecified atom stereocenters. The number of phenols is 1. The summed E-state index contributed by atoms with van der Waals surface area (Å²) in [4.78, 5) is 14.6. The minimum absolute atomic E-state index is 0.144. The number of aromatic hydroxyl groups is 1. The third-order valence-electron chi connectivity index (χ3n) is 6.08. The number of hydrogen-bond acceptors (Lipinski definition) is 6. The van der Waals surface area contributed by atoms with E-state index in [0.29, 0.717) is 18.5 Å². The third-order valence-corrected chi connectivity index (χ3v) is 6.08. The summed E-state index contributed by atoms with van der Waals surface area (Å²) < 4.78 is 10.9. The van der Waals surface area contributed by atoms with Crippen LogP contribution in [0.4, 0.5) is 0 Å². The zero-order chi connectivity index (χ0) is 21.8. The van der Waals surface area contributed by atoms with Crippen LogP contribution in [-0.2, 0) is 17.7 Å². The standard InChI is InChI=1S/C25H30N2O4/c1-3-18-13-21-20(14-24(29)31-23(21)15-22(18)28)16-26-17(2)25(19-7-5-4-6-8-19)27-9-11-30-12-10-27/h4-8,13-15,17,25-26,28H,3,9-12,16H2,1-2H3/t17-,25-/m1/s1. The molecule has 31 heavy (non-hydrogen) atoms. The van der Waals surface area contributed by atoms with Gasteiger partial charge < -0.3 is 19.6 Å². The van der Waals surface area contributed by atoms with Gasteiger partial charge in [0.05, 0.1) is 19.3 Å². The van der Waals surface area contributed by atoms with Crippen LogP contribution in [0.1, 0.15) is 36.6 Å². The number of hydrogen-bond donors (Lipinski definition) is 2. The predicted molar refractivity (Wildman–Crippen MR) is 121 cm³/mol. The van der Waals surface area contributed by atoms with Crippen molar-refractivity contribution in [2.45, 2.75) is 38.9 Å². The number of aryl methyl sites for hydroxylation is 1. The Morgan fingerprint density at radius 1 is 1.10 bits per heavy atom. The number of nitrogens with one attached hydrogen (secondary N) is 1. The van der Waals surface area contributed by atoms with Crippen LogP contribution >= 0.6 is 0 Å². The van der Waals surface area contributed by atoms with E-state index < -0.39 is 5.63 Å². The Kier molecular flexibility index (Phi) is 6.70. The smallest absolute Gasteiger partial charge is 0.336 e. The van der Waals surface area contributed by atoms with E-state index in [1.807, 2.05) is 19.1 Å². The van der Waals surface area contributed by atoms with Crippen LogP contribution in [0.15, 0.2) is 57.7 Å². The van der Waals surface area contributed by atoms with Crippen molar-refractivity contribution in [1.29, 1.82) is 0 Å². The maximum atomic E-state index is 12.1. The monoisotopic (exact) mass is 422 g/mol. The second-order valence-corrected chi connectivity index (χ2v) is 8.09. The maximum absolute atomic E-state index is 12.1. The van der Waals surface area contributed by atoms with E-state index in [2.05, 4.69) is 41.4 Å². The molecule has 0 aliphatic carbocycles. The number of fused-ring (bicyclic) bond motifs is 1. The van der Waals surface area contributed by atoms with E-state index >= 15 is 0 Å². The van der Waals surface area contributed by atoms with E-state index in [0.717, 1.165) is 42.8 Å². The summed E-state index contributed by atoms with van der Waals surface area (Å²) in [5, 5.41) is 14.7. The molecule has 2 atom stereocenters. The highest BCUT2D eigenvalue weighted by Crippen LogP contribution is 2.28. The fourth-order valence-electron chi connectivity index (χ4n) is 4.44. The highest BCUT2D eigenvalue weighted by molar-refractivity contribution is 5.82. The van der Waals surface area contributed by atoms with Crippen LogP contribution in [0.3, 0.4) is 0 Å². The zero-order valence-electron chi connectivity index (χ0n) is 18.1. The van der Waals surface area contributed by atoms with Gasteiger partial charge in [-0.25, -0.2) is 4.79 Å². The molecule has 0 saturated carbocycles. The summed E-state index contributed by atoms with van der Waals surface area (Å²) in [6.07, 6.45) is 0.706. The first-order valence-electron chi connectivity index (χ1n) is 11.0. The number of ether oxygens (including phenoxy) is 1. The lowest BCUT2D eigenvalue weighted by molar-refractivity contribution is 0.00855. The van der Waals surface area contributed by atoms with Gasteiger partial charge in [0.15, 0.2) is 0 Å². The van der Waals surface area contributed by atoms with Gasteiger partial charge in [-0.2, -0.15) is 0 Å². The molecule has 1 aliphatic rings. The van der Waals surface area contributed by atoms with Gasteiger partial charge in [0.1, 0.15) is 11.3 Å². The molecule has 0 bridgehead atoms. The fourth-order valence-corrected chi connectivity index (χ4v) is 4.44.